The molecule has 0 saturated carbocycles. The first kappa shape index (κ1) is 13.9. The lowest BCUT2D eigenvalue weighted by atomic mass is 10.2. The third-order valence-corrected chi connectivity index (χ3v) is 3.31. The summed E-state index contributed by atoms with van der Waals surface area (Å²) in [6, 6.07) is 8.81. The maximum absolute atomic E-state index is 11.2. The lowest BCUT2D eigenvalue weighted by molar-refractivity contribution is 0.0690. The fraction of sp³-hybridized carbons (Fsp3) is 0.133. The van der Waals surface area contributed by atoms with E-state index in [2.05, 4.69) is 10.1 Å². The van der Waals surface area contributed by atoms with E-state index in [0.29, 0.717) is 17.3 Å². The minimum Gasteiger partial charge on any atom is -0.481 e. The first-order valence-electron chi connectivity index (χ1n) is 6.55. The third kappa shape index (κ3) is 2.32. The summed E-state index contributed by atoms with van der Waals surface area (Å²) < 4.78 is 8.49. The van der Waals surface area contributed by atoms with Gasteiger partial charge in [-0.1, -0.05) is 0 Å². The van der Waals surface area contributed by atoms with E-state index >= 15 is 0 Å². The van der Waals surface area contributed by atoms with Gasteiger partial charge < -0.3 is 14.4 Å². The van der Waals surface area contributed by atoms with Crippen LogP contribution in [0, 0.1) is 0 Å². The Balaban J connectivity index is 2.16. The Morgan fingerprint density at radius 1 is 1.27 bits per heavy atom. The van der Waals surface area contributed by atoms with Gasteiger partial charge in [0.05, 0.1) is 30.4 Å². The number of nitrogens with zero attached hydrogens (tertiary/aromatic N) is 4. The topological polar surface area (TPSA) is 82.2 Å². The maximum Gasteiger partial charge on any atom is 0.356 e. The van der Waals surface area contributed by atoms with Crippen molar-refractivity contribution < 1.29 is 14.6 Å². The van der Waals surface area contributed by atoms with Gasteiger partial charge in [-0.15, -0.1) is 0 Å². The molecular weight excluding hydrogens is 284 g/mol. The van der Waals surface area contributed by atoms with Crippen molar-refractivity contribution in [2.75, 3.05) is 7.11 Å². The number of rotatable bonds is 4. The van der Waals surface area contributed by atoms with Crippen LogP contribution in [0.2, 0.25) is 0 Å². The molecule has 0 aliphatic rings. The molecule has 3 rings (SSSR count). The molecule has 0 bridgehead atoms. The highest BCUT2D eigenvalue weighted by Crippen LogP contribution is 2.24. The van der Waals surface area contributed by atoms with E-state index in [0.717, 1.165) is 5.69 Å². The monoisotopic (exact) mass is 298 g/mol. The molecule has 3 aromatic heterocycles. The summed E-state index contributed by atoms with van der Waals surface area (Å²) in [5.41, 5.74) is 2.17. The minimum atomic E-state index is -1.07. The highest BCUT2D eigenvalue weighted by molar-refractivity contribution is 5.87. The van der Waals surface area contributed by atoms with E-state index in [1.165, 1.54) is 7.11 Å². The second kappa shape index (κ2) is 5.36. The predicted octanol–water partition coefficient (Wildman–Crippen LogP) is 1.98. The molecule has 7 heteroatoms. The molecule has 0 saturated heterocycles. The Labute approximate surface area is 126 Å². The van der Waals surface area contributed by atoms with Crippen LogP contribution in [-0.4, -0.2) is 37.5 Å². The Morgan fingerprint density at radius 2 is 2.09 bits per heavy atom. The quantitative estimate of drug-likeness (QED) is 0.796. The summed E-state index contributed by atoms with van der Waals surface area (Å²) in [5, 5.41) is 13.4. The lowest BCUT2D eigenvalue weighted by Gasteiger charge is -2.08. The van der Waals surface area contributed by atoms with Gasteiger partial charge in [0.25, 0.3) is 0 Å². The highest BCUT2D eigenvalue weighted by atomic mass is 16.5. The molecule has 22 heavy (non-hydrogen) atoms. The van der Waals surface area contributed by atoms with Gasteiger partial charge in [0.2, 0.25) is 5.88 Å². The third-order valence-electron chi connectivity index (χ3n) is 3.31. The number of carboxylic acid groups (broad SMARTS) is 1. The van der Waals surface area contributed by atoms with E-state index in [1.807, 2.05) is 29.9 Å². The van der Waals surface area contributed by atoms with E-state index in [4.69, 9.17) is 4.74 Å². The second-order valence-electron chi connectivity index (χ2n) is 4.69. The van der Waals surface area contributed by atoms with Gasteiger partial charge in [-0.25, -0.2) is 14.5 Å². The number of hydrogen-bond acceptors (Lipinski definition) is 4. The average molecular weight is 298 g/mol. The Hall–Kier alpha value is -3.09. The van der Waals surface area contributed by atoms with Gasteiger partial charge in [-0.3, -0.25) is 0 Å². The van der Waals surface area contributed by atoms with Gasteiger partial charge in [-0.05, 0) is 18.2 Å². The molecule has 0 aromatic carbocycles. The van der Waals surface area contributed by atoms with Crippen LogP contribution in [-0.2, 0) is 7.05 Å². The van der Waals surface area contributed by atoms with Crippen LogP contribution >= 0.6 is 0 Å². The molecule has 0 atom stereocenters. The molecule has 0 radical (unpaired) electrons. The standard InChI is InChI=1S/C15H14N4O3/c1-18-7-3-4-12(18)13-8-11(15(20)21)17-19(13)10-5-6-14(22-2)16-9-10/h3-9H,1-2H3,(H,20,21). The minimum absolute atomic E-state index is 0.0213. The average Bonchev–Trinajstić information content (AvgIpc) is 3.13. The molecule has 112 valence electrons. The SMILES string of the molecule is COc1ccc(-n2nc(C(=O)O)cc2-c2cccn2C)cn1. The lowest BCUT2D eigenvalue weighted by Crippen LogP contribution is -2.04. The molecule has 7 nitrogen and oxygen atoms in total. The number of aryl methyl sites for hydroxylation is 1. The smallest absolute Gasteiger partial charge is 0.356 e. The Morgan fingerprint density at radius 3 is 2.64 bits per heavy atom. The van der Waals surface area contributed by atoms with Crippen LogP contribution in [0.25, 0.3) is 17.1 Å². The van der Waals surface area contributed by atoms with Crippen molar-refractivity contribution in [3.8, 4) is 23.0 Å². The van der Waals surface area contributed by atoms with E-state index < -0.39 is 5.97 Å². The van der Waals surface area contributed by atoms with Crippen molar-refractivity contribution in [1.82, 2.24) is 19.3 Å². The number of ether oxygens (including phenoxy) is 1. The van der Waals surface area contributed by atoms with Crippen LogP contribution < -0.4 is 4.74 Å². The molecular formula is C15H14N4O3. The Kier molecular flexibility index (Phi) is 3.38. The van der Waals surface area contributed by atoms with Crippen molar-refractivity contribution in [3.63, 3.8) is 0 Å². The molecule has 1 N–H and O–H groups in total. The molecule has 0 unspecified atom stereocenters. The van der Waals surface area contributed by atoms with Gasteiger partial charge in [0, 0.05) is 25.4 Å². The van der Waals surface area contributed by atoms with Crippen molar-refractivity contribution in [2.24, 2.45) is 7.05 Å². The summed E-state index contributed by atoms with van der Waals surface area (Å²) in [5.74, 6) is -0.592. The molecule has 0 aliphatic carbocycles. The van der Waals surface area contributed by atoms with Gasteiger partial charge in [0.15, 0.2) is 5.69 Å². The number of aromatic carboxylic acids is 1. The number of carbonyl (C=O) groups is 1. The maximum atomic E-state index is 11.2. The zero-order valence-corrected chi connectivity index (χ0v) is 12.1. The van der Waals surface area contributed by atoms with E-state index in [-0.39, 0.29) is 5.69 Å². The first-order chi connectivity index (χ1) is 10.6. The van der Waals surface area contributed by atoms with Crippen LogP contribution in [0.1, 0.15) is 10.5 Å². The second-order valence-corrected chi connectivity index (χ2v) is 4.69. The van der Waals surface area contributed by atoms with E-state index in [1.54, 1.807) is 29.1 Å². The van der Waals surface area contributed by atoms with E-state index in [9.17, 15) is 9.90 Å². The normalized spacial score (nSPS) is 10.6. The number of carboxylic acids is 1. The summed E-state index contributed by atoms with van der Waals surface area (Å²) in [4.78, 5) is 15.4. The van der Waals surface area contributed by atoms with Crippen LogP contribution in [0.3, 0.4) is 0 Å². The molecule has 3 aromatic rings. The fourth-order valence-corrected chi connectivity index (χ4v) is 2.21. The van der Waals surface area contributed by atoms with Gasteiger partial charge in [-0.2, -0.15) is 5.10 Å². The van der Waals surface area contributed by atoms with Crippen LogP contribution in [0.15, 0.2) is 42.7 Å². The fourth-order valence-electron chi connectivity index (χ4n) is 2.21. The molecule has 3 heterocycles. The highest BCUT2D eigenvalue weighted by Gasteiger charge is 2.17. The largest absolute Gasteiger partial charge is 0.481 e. The predicted molar refractivity (Wildman–Crippen MR) is 79.3 cm³/mol. The van der Waals surface area contributed by atoms with Crippen LogP contribution in [0.5, 0.6) is 5.88 Å². The molecule has 0 spiro atoms. The zero-order chi connectivity index (χ0) is 15.7. The zero-order valence-electron chi connectivity index (χ0n) is 12.1. The summed E-state index contributed by atoms with van der Waals surface area (Å²) >= 11 is 0. The number of methoxy groups -OCH3 is 1. The molecule has 0 fully saturated rings. The van der Waals surface area contributed by atoms with Gasteiger partial charge >= 0.3 is 5.97 Å². The van der Waals surface area contributed by atoms with Crippen molar-refractivity contribution in [2.45, 2.75) is 0 Å². The van der Waals surface area contributed by atoms with Crippen molar-refractivity contribution >= 4 is 5.97 Å². The number of hydrogen-bond donors (Lipinski definition) is 1. The first-order valence-corrected chi connectivity index (χ1v) is 6.55. The molecule has 0 aliphatic heterocycles. The molecule has 0 amide bonds. The summed E-state index contributed by atoms with van der Waals surface area (Å²) in [6.45, 7) is 0. The summed E-state index contributed by atoms with van der Waals surface area (Å²) in [6.07, 6.45) is 3.48. The van der Waals surface area contributed by atoms with Gasteiger partial charge in [0.1, 0.15) is 0 Å². The number of aromatic nitrogens is 4. The summed E-state index contributed by atoms with van der Waals surface area (Å²) in [7, 11) is 3.42. The van der Waals surface area contributed by atoms with Crippen molar-refractivity contribution in [3.05, 3.63) is 48.4 Å². The number of pyridine rings is 1. The van der Waals surface area contributed by atoms with Crippen molar-refractivity contribution in [1.29, 1.82) is 0 Å². The Bertz CT molecular complexity index is 818. The van der Waals surface area contributed by atoms with Crippen LogP contribution in [0.4, 0.5) is 0 Å².